The summed E-state index contributed by atoms with van der Waals surface area (Å²) in [5.74, 6) is -3.76. The molecular weight excluding hydrogens is 871 g/mol. The van der Waals surface area contributed by atoms with Gasteiger partial charge in [0.15, 0.2) is 0 Å². The first-order chi connectivity index (χ1) is 32.3. The summed E-state index contributed by atoms with van der Waals surface area (Å²) in [5, 5.41) is 16.9. The number of hydrogen-bond donors (Lipinski definition) is 4. The van der Waals surface area contributed by atoms with Crippen molar-refractivity contribution in [3.8, 4) is 0 Å². The third-order valence-electron chi connectivity index (χ3n) is 14.4. The zero-order valence-electron chi connectivity index (χ0n) is 42.5. The molecule has 0 bridgehead atoms. The predicted molar refractivity (Wildman–Crippen MR) is 260 cm³/mol. The number of likely N-dealkylation sites (tertiary alicyclic amines) is 2. The summed E-state index contributed by atoms with van der Waals surface area (Å²) < 4.78 is 12.0. The van der Waals surface area contributed by atoms with Gasteiger partial charge in [-0.15, -0.1) is 0 Å². The zero-order chi connectivity index (χ0) is 50.4. The molecule has 380 valence electrons. The highest BCUT2D eigenvalue weighted by Gasteiger charge is 2.44. The van der Waals surface area contributed by atoms with E-state index < -0.39 is 60.2 Å². The number of likely N-dealkylation sites (N-methyl/N-ethyl adjacent to an activating group) is 2. The second-order valence-electron chi connectivity index (χ2n) is 19.8. The third kappa shape index (κ3) is 14.1. The number of nitrogens with one attached hydrogen (secondary N) is 3. The molecule has 1 aromatic carbocycles. The van der Waals surface area contributed by atoms with Crippen LogP contribution in [0.4, 0.5) is 0 Å². The number of carboxylic acids is 1. The van der Waals surface area contributed by atoms with Crippen molar-refractivity contribution >= 4 is 52.3 Å². The van der Waals surface area contributed by atoms with Crippen LogP contribution in [0, 0.1) is 23.7 Å². The molecular formula is C51H81N7O10. The van der Waals surface area contributed by atoms with Crippen molar-refractivity contribution < 1.29 is 48.1 Å². The summed E-state index contributed by atoms with van der Waals surface area (Å²) in [7, 11) is 6.66. The first-order valence-corrected chi connectivity index (χ1v) is 24.8. The molecule has 2 aliphatic heterocycles. The van der Waals surface area contributed by atoms with Crippen LogP contribution in [0.5, 0.6) is 0 Å². The Balaban J connectivity index is 1.40. The van der Waals surface area contributed by atoms with Crippen LogP contribution in [-0.4, -0.2) is 161 Å². The number of fused-ring (bicyclic) bond motifs is 1. The Labute approximate surface area is 403 Å². The molecule has 0 radical (unpaired) electrons. The average molecular weight is 952 g/mol. The Morgan fingerprint density at radius 1 is 0.882 bits per heavy atom. The molecule has 3 heterocycles. The molecule has 9 atom stereocenters. The van der Waals surface area contributed by atoms with Crippen LogP contribution in [0.15, 0.2) is 30.5 Å². The SMILES string of the molecule is CCC(C)C(C(CC(=O)N1CCCC1C(OC)C(C)C(=O)N[C@@H](Cc1c[nH]c2ccccc12)C(=O)O)OC)N(C)C(=O)[C@@H](NC(=O)C(C(C)C)N(C)CCCCCCN1C(=O)CCC1=O)C(C)C. The summed E-state index contributed by atoms with van der Waals surface area (Å²) in [4.78, 5) is 103. The molecule has 2 fully saturated rings. The Kier molecular flexibility index (Phi) is 21.5. The number of nitrogens with zero attached hydrogens (tertiary/aromatic N) is 4. The number of benzene rings is 1. The van der Waals surface area contributed by atoms with Crippen molar-refractivity contribution in [2.45, 2.75) is 162 Å². The standard InChI is InChI=1S/C51H81N7O10/c1-12-33(6)46(56(9)50(64)44(31(2)3)54-49(63)45(32(4)5)55(8)25-17-13-14-18-26-58-41(59)23-24-42(58)60)40(67-10)29-43(61)57-27-19-22-39(57)47(68-11)34(7)48(62)53-38(51(65)66)28-35-30-52-37-21-16-15-20-36(35)37/h15-16,20-21,30-34,38-40,44-47,52H,12-14,17-19,22-29H2,1-11H3,(H,53,62)(H,54,63)(H,65,66)/t33?,34?,38-,39?,40?,44-,45?,46?,47?/m0/s1. The van der Waals surface area contributed by atoms with Gasteiger partial charge < -0.3 is 40.0 Å². The largest absolute Gasteiger partial charge is 0.480 e. The van der Waals surface area contributed by atoms with E-state index in [1.807, 2.05) is 77.8 Å². The summed E-state index contributed by atoms with van der Waals surface area (Å²) in [5.41, 5.74) is 1.64. The van der Waals surface area contributed by atoms with Gasteiger partial charge in [-0.05, 0) is 68.7 Å². The number of carbonyl (C=O) groups is 7. The van der Waals surface area contributed by atoms with Crippen molar-refractivity contribution in [1.82, 2.24) is 35.2 Å². The lowest BCUT2D eigenvalue weighted by atomic mass is 9.89. The molecule has 0 aliphatic carbocycles. The summed E-state index contributed by atoms with van der Waals surface area (Å²) in [6.45, 7) is 15.0. The molecule has 2 aliphatic rings. The second kappa shape index (κ2) is 26.2. The van der Waals surface area contributed by atoms with Crippen molar-refractivity contribution in [2.24, 2.45) is 23.7 Å². The number of carboxylic acid groups (broad SMARTS) is 1. The smallest absolute Gasteiger partial charge is 0.326 e. The van der Waals surface area contributed by atoms with E-state index in [1.54, 1.807) is 30.0 Å². The number of methoxy groups -OCH3 is 2. The first kappa shape index (κ1) is 55.7. The zero-order valence-corrected chi connectivity index (χ0v) is 42.5. The molecule has 2 aromatic rings. The normalized spacial score (nSPS) is 19.0. The van der Waals surface area contributed by atoms with Gasteiger partial charge in [-0.2, -0.15) is 0 Å². The lowest BCUT2D eigenvalue weighted by Crippen LogP contribution is -2.60. The number of H-pyrrole nitrogens is 1. The molecule has 17 heteroatoms. The van der Waals surface area contributed by atoms with Crippen molar-refractivity contribution in [3.63, 3.8) is 0 Å². The second-order valence-corrected chi connectivity index (χ2v) is 19.8. The topological polar surface area (TPSA) is 211 Å². The highest BCUT2D eigenvalue weighted by molar-refractivity contribution is 6.01. The van der Waals surface area contributed by atoms with E-state index in [4.69, 9.17) is 9.47 Å². The quantitative estimate of drug-likeness (QED) is 0.0659. The third-order valence-corrected chi connectivity index (χ3v) is 14.4. The van der Waals surface area contributed by atoms with Crippen LogP contribution in [0.2, 0.25) is 0 Å². The van der Waals surface area contributed by atoms with Crippen LogP contribution in [0.1, 0.15) is 118 Å². The first-order valence-electron chi connectivity index (χ1n) is 24.8. The van der Waals surface area contributed by atoms with E-state index in [0.717, 1.165) is 42.1 Å². The van der Waals surface area contributed by atoms with Crippen LogP contribution >= 0.6 is 0 Å². The van der Waals surface area contributed by atoms with Crippen molar-refractivity contribution in [3.05, 3.63) is 36.0 Å². The average Bonchev–Trinajstić information content (AvgIpc) is 4.04. The molecule has 7 unspecified atom stereocenters. The molecule has 68 heavy (non-hydrogen) atoms. The summed E-state index contributed by atoms with van der Waals surface area (Å²) in [6, 6.07) is 4.04. The van der Waals surface area contributed by atoms with Gasteiger partial charge in [-0.25, -0.2) is 4.79 Å². The molecule has 2 saturated heterocycles. The minimum absolute atomic E-state index is 0.0459. The summed E-state index contributed by atoms with van der Waals surface area (Å²) in [6.07, 6.45) is 6.22. The number of imide groups is 1. The minimum atomic E-state index is -1.19. The highest BCUT2D eigenvalue weighted by Crippen LogP contribution is 2.30. The van der Waals surface area contributed by atoms with Gasteiger partial charge in [0, 0.05) is 70.7 Å². The number of para-hydroxylation sites is 1. The van der Waals surface area contributed by atoms with Crippen molar-refractivity contribution in [2.75, 3.05) is 47.9 Å². The maximum atomic E-state index is 14.6. The number of ether oxygens (including phenoxy) is 2. The van der Waals surface area contributed by atoms with E-state index >= 15 is 0 Å². The fraction of sp³-hybridized carbons (Fsp3) is 0.706. The lowest BCUT2D eigenvalue weighted by Gasteiger charge is -2.41. The van der Waals surface area contributed by atoms with Crippen LogP contribution in [0.25, 0.3) is 10.9 Å². The molecule has 17 nitrogen and oxygen atoms in total. The number of rotatable bonds is 28. The van der Waals surface area contributed by atoms with Gasteiger partial charge in [0.25, 0.3) is 0 Å². The monoisotopic (exact) mass is 952 g/mol. The Morgan fingerprint density at radius 3 is 2.15 bits per heavy atom. The maximum Gasteiger partial charge on any atom is 0.326 e. The molecule has 6 amide bonds. The van der Waals surface area contributed by atoms with Gasteiger partial charge >= 0.3 is 5.97 Å². The van der Waals surface area contributed by atoms with Gasteiger partial charge in [0.1, 0.15) is 12.1 Å². The Hall–Kier alpha value is -4.87. The number of aromatic amines is 1. The molecule has 0 spiro atoms. The fourth-order valence-electron chi connectivity index (χ4n) is 10.3. The maximum absolute atomic E-state index is 14.6. The van der Waals surface area contributed by atoms with E-state index in [1.165, 1.54) is 19.1 Å². The molecule has 4 N–H and O–H groups in total. The number of aromatic nitrogens is 1. The van der Waals surface area contributed by atoms with E-state index in [-0.39, 0.29) is 60.1 Å². The molecule has 1 aromatic heterocycles. The van der Waals surface area contributed by atoms with Gasteiger partial charge in [-0.1, -0.05) is 85.9 Å². The van der Waals surface area contributed by atoms with Gasteiger partial charge in [0.2, 0.25) is 35.4 Å². The van der Waals surface area contributed by atoms with E-state index in [2.05, 4.69) is 15.6 Å². The van der Waals surface area contributed by atoms with Gasteiger partial charge in [-0.3, -0.25) is 38.6 Å². The summed E-state index contributed by atoms with van der Waals surface area (Å²) >= 11 is 0. The molecule has 4 rings (SSSR count). The Morgan fingerprint density at radius 2 is 1.54 bits per heavy atom. The van der Waals surface area contributed by atoms with Crippen molar-refractivity contribution in [1.29, 1.82) is 0 Å². The number of aliphatic carboxylic acids is 1. The minimum Gasteiger partial charge on any atom is -0.480 e. The van der Waals surface area contributed by atoms with Gasteiger partial charge in [0.05, 0.1) is 42.7 Å². The fourth-order valence-corrected chi connectivity index (χ4v) is 10.3. The van der Waals surface area contributed by atoms with Crippen LogP contribution in [-0.2, 0) is 49.5 Å². The van der Waals surface area contributed by atoms with E-state index in [9.17, 15) is 38.7 Å². The van der Waals surface area contributed by atoms with Crippen LogP contribution in [0.3, 0.4) is 0 Å². The number of carbonyl (C=O) groups excluding carboxylic acids is 6. The number of unbranched alkanes of at least 4 members (excludes halogenated alkanes) is 3. The number of amides is 6. The Bertz CT molecular complexity index is 2010. The predicted octanol–water partition coefficient (Wildman–Crippen LogP) is 5.01. The van der Waals surface area contributed by atoms with E-state index in [0.29, 0.717) is 51.7 Å². The lowest BCUT2D eigenvalue weighted by molar-refractivity contribution is -0.148. The number of hydrogen-bond acceptors (Lipinski definition) is 10. The van der Waals surface area contributed by atoms with Crippen LogP contribution < -0.4 is 10.6 Å². The molecule has 0 saturated carbocycles. The highest BCUT2D eigenvalue weighted by atomic mass is 16.5.